The van der Waals surface area contributed by atoms with Crippen LogP contribution in [0.3, 0.4) is 0 Å². The monoisotopic (exact) mass is 348 g/mol. The van der Waals surface area contributed by atoms with Crippen LogP contribution in [0.2, 0.25) is 0 Å². The smallest absolute Gasteiger partial charge is 0.317 e. The Hall–Kier alpha value is -1.79. The summed E-state index contributed by atoms with van der Waals surface area (Å²) in [6, 6.07) is 7.65. The highest BCUT2D eigenvalue weighted by molar-refractivity contribution is 5.74. The molecule has 2 amide bonds. The summed E-state index contributed by atoms with van der Waals surface area (Å²) >= 11 is 0. The zero-order valence-electron chi connectivity index (χ0n) is 14.7. The number of aliphatic hydroxyl groups excluding tert-OH is 2. The van der Waals surface area contributed by atoms with Gasteiger partial charge in [0.1, 0.15) is 5.75 Å². The van der Waals surface area contributed by atoms with Gasteiger partial charge in [0.05, 0.1) is 18.8 Å². The second-order valence-electron chi connectivity index (χ2n) is 7.15. The Morgan fingerprint density at radius 3 is 2.48 bits per heavy atom. The van der Waals surface area contributed by atoms with Gasteiger partial charge in [-0.05, 0) is 37.2 Å². The second kappa shape index (κ2) is 8.06. The third-order valence-corrected chi connectivity index (χ3v) is 5.26. The number of hydrogen-bond acceptors (Lipinski definition) is 4. The maximum absolute atomic E-state index is 12.5. The molecule has 0 unspecified atom stereocenters. The molecule has 0 radical (unpaired) electrons. The van der Waals surface area contributed by atoms with Gasteiger partial charge in [0.15, 0.2) is 0 Å². The third kappa shape index (κ3) is 4.25. The Morgan fingerprint density at radius 2 is 1.84 bits per heavy atom. The summed E-state index contributed by atoms with van der Waals surface area (Å²) in [4.78, 5) is 14.3. The number of carbonyl (C=O) groups is 1. The molecule has 1 aromatic rings. The molecule has 1 aromatic carbocycles. The van der Waals surface area contributed by atoms with Crippen LogP contribution in [-0.2, 0) is 6.54 Å². The van der Waals surface area contributed by atoms with Crippen molar-refractivity contribution in [3.05, 3.63) is 29.8 Å². The lowest BCUT2D eigenvalue weighted by molar-refractivity contribution is -0.0372. The Morgan fingerprint density at radius 1 is 1.20 bits per heavy atom. The molecule has 2 fully saturated rings. The summed E-state index contributed by atoms with van der Waals surface area (Å²) in [6.07, 6.45) is 0.764. The first-order chi connectivity index (χ1) is 12.1. The Labute approximate surface area is 148 Å². The molecule has 6 nitrogen and oxygen atoms in total. The molecule has 6 heteroatoms. The van der Waals surface area contributed by atoms with E-state index in [1.54, 1.807) is 4.90 Å². The molecule has 0 aromatic heterocycles. The van der Waals surface area contributed by atoms with Gasteiger partial charge in [-0.3, -0.25) is 0 Å². The van der Waals surface area contributed by atoms with E-state index in [-0.39, 0.29) is 17.9 Å². The fourth-order valence-corrected chi connectivity index (χ4v) is 3.86. The van der Waals surface area contributed by atoms with E-state index in [0.29, 0.717) is 39.1 Å². The number of benzene rings is 1. The molecule has 1 saturated heterocycles. The molecular weight excluding hydrogens is 320 g/mol. The van der Waals surface area contributed by atoms with Crippen molar-refractivity contribution >= 4 is 6.03 Å². The zero-order chi connectivity index (χ0) is 17.8. The molecule has 1 aliphatic carbocycles. The number of ether oxygens (including phenoxy) is 1. The van der Waals surface area contributed by atoms with Gasteiger partial charge in [0, 0.05) is 25.2 Å². The van der Waals surface area contributed by atoms with E-state index in [0.717, 1.165) is 17.7 Å². The molecule has 0 bridgehead atoms. The summed E-state index contributed by atoms with van der Waals surface area (Å²) in [7, 11) is 0. The van der Waals surface area contributed by atoms with Crippen molar-refractivity contribution in [1.82, 2.24) is 10.2 Å². The van der Waals surface area contributed by atoms with Crippen LogP contribution in [0.1, 0.15) is 31.7 Å². The number of carbonyl (C=O) groups excluding carboxylic acids is 1. The molecule has 0 spiro atoms. The van der Waals surface area contributed by atoms with E-state index < -0.39 is 12.2 Å². The topological polar surface area (TPSA) is 82.0 Å². The zero-order valence-corrected chi connectivity index (χ0v) is 14.7. The summed E-state index contributed by atoms with van der Waals surface area (Å²) in [5.41, 5.74) is 0.965. The molecule has 1 heterocycles. The van der Waals surface area contributed by atoms with Gasteiger partial charge in [-0.15, -0.1) is 0 Å². The van der Waals surface area contributed by atoms with Crippen molar-refractivity contribution in [1.29, 1.82) is 0 Å². The average Bonchev–Trinajstić information content (AvgIpc) is 3.01. The normalized spacial score (nSPS) is 28.5. The minimum absolute atomic E-state index is 0.0938. The van der Waals surface area contributed by atoms with Crippen LogP contribution >= 0.6 is 0 Å². The minimum atomic E-state index is -0.660. The van der Waals surface area contributed by atoms with Crippen LogP contribution in [0.5, 0.6) is 5.75 Å². The van der Waals surface area contributed by atoms with Crippen LogP contribution < -0.4 is 10.1 Å². The van der Waals surface area contributed by atoms with Gasteiger partial charge in [-0.2, -0.15) is 0 Å². The number of rotatable bonds is 5. The van der Waals surface area contributed by atoms with Gasteiger partial charge in [-0.1, -0.05) is 25.1 Å². The standard InChI is InChI=1S/C19H28N2O4/c1-2-7-25-18-6-4-3-5-13(18)10-20-19(24)21-11-14-8-16(22)17(23)9-15(14)12-21/h3-6,14-17,22-23H,2,7-12H2,1H3,(H,20,24)/t14-,15+,16-,17-/m0/s1. The Kier molecular flexibility index (Phi) is 5.81. The van der Waals surface area contributed by atoms with Gasteiger partial charge >= 0.3 is 6.03 Å². The van der Waals surface area contributed by atoms with Crippen molar-refractivity contribution < 1.29 is 19.7 Å². The highest BCUT2D eigenvalue weighted by Crippen LogP contribution is 2.36. The lowest BCUT2D eigenvalue weighted by atomic mass is 9.79. The number of hydrogen-bond donors (Lipinski definition) is 3. The highest BCUT2D eigenvalue weighted by atomic mass is 16.5. The van der Waals surface area contributed by atoms with E-state index in [9.17, 15) is 15.0 Å². The van der Waals surface area contributed by atoms with Gasteiger partial charge in [0.25, 0.3) is 0 Å². The lowest BCUT2D eigenvalue weighted by Gasteiger charge is -2.31. The number of amides is 2. The highest BCUT2D eigenvalue weighted by Gasteiger charge is 2.42. The van der Waals surface area contributed by atoms with Crippen molar-refractivity contribution in [2.24, 2.45) is 11.8 Å². The number of nitrogens with one attached hydrogen (secondary N) is 1. The molecule has 138 valence electrons. The second-order valence-corrected chi connectivity index (χ2v) is 7.15. The SMILES string of the molecule is CCCOc1ccccc1CNC(=O)N1C[C@H]2C[C@H](O)[C@@H](O)C[C@H]2C1. The Bertz CT molecular complexity index is 577. The predicted molar refractivity (Wildman–Crippen MR) is 94.3 cm³/mol. The number of para-hydroxylation sites is 1. The van der Waals surface area contributed by atoms with Crippen molar-refractivity contribution in [2.75, 3.05) is 19.7 Å². The summed E-state index contributed by atoms with van der Waals surface area (Å²) in [6.45, 7) is 4.44. The average molecular weight is 348 g/mol. The number of fused-ring (bicyclic) bond motifs is 1. The first-order valence-corrected chi connectivity index (χ1v) is 9.18. The van der Waals surface area contributed by atoms with Crippen LogP contribution in [0.15, 0.2) is 24.3 Å². The number of likely N-dealkylation sites (tertiary alicyclic amines) is 1. The Balaban J connectivity index is 1.54. The van der Waals surface area contributed by atoms with Crippen LogP contribution in [0.25, 0.3) is 0 Å². The number of aliphatic hydroxyl groups is 2. The van der Waals surface area contributed by atoms with Crippen LogP contribution in [0, 0.1) is 11.8 Å². The first-order valence-electron chi connectivity index (χ1n) is 9.18. The summed E-state index contributed by atoms with van der Waals surface area (Å²) < 4.78 is 5.72. The summed E-state index contributed by atoms with van der Waals surface area (Å²) in [5, 5.41) is 22.6. The van der Waals surface area contributed by atoms with Crippen LogP contribution in [-0.4, -0.2) is 53.0 Å². The molecular formula is C19H28N2O4. The molecule has 2 aliphatic rings. The molecule has 25 heavy (non-hydrogen) atoms. The van der Waals surface area contributed by atoms with Gasteiger partial charge < -0.3 is 25.2 Å². The lowest BCUT2D eigenvalue weighted by Crippen LogP contribution is -2.38. The van der Waals surface area contributed by atoms with Crippen molar-refractivity contribution in [3.8, 4) is 5.75 Å². The maximum atomic E-state index is 12.5. The van der Waals surface area contributed by atoms with Crippen LogP contribution in [0.4, 0.5) is 4.79 Å². The van der Waals surface area contributed by atoms with Gasteiger partial charge in [0.2, 0.25) is 0 Å². The largest absolute Gasteiger partial charge is 0.493 e. The van der Waals surface area contributed by atoms with E-state index >= 15 is 0 Å². The van der Waals surface area contributed by atoms with Crippen molar-refractivity contribution in [3.63, 3.8) is 0 Å². The quantitative estimate of drug-likeness (QED) is 0.757. The fraction of sp³-hybridized carbons (Fsp3) is 0.632. The van der Waals surface area contributed by atoms with E-state index in [2.05, 4.69) is 12.2 Å². The molecule has 1 saturated carbocycles. The number of nitrogens with zero attached hydrogens (tertiary/aromatic N) is 1. The summed E-state index contributed by atoms with van der Waals surface area (Å²) in [5.74, 6) is 1.37. The van der Waals surface area contributed by atoms with Crippen molar-refractivity contribution in [2.45, 2.75) is 44.9 Å². The van der Waals surface area contributed by atoms with E-state index in [1.807, 2.05) is 24.3 Å². The maximum Gasteiger partial charge on any atom is 0.317 e. The molecule has 3 rings (SSSR count). The minimum Gasteiger partial charge on any atom is -0.493 e. The predicted octanol–water partition coefficient (Wildman–Crippen LogP) is 1.75. The molecule has 3 N–H and O–H groups in total. The third-order valence-electron chi connectivity index (χ3n) is 5.26. The number of urea groups is 1. The molecule has 1 aliphatic heterocycles. The first kappa shape index (κ1) is 18.0. The van der Waals surface area contributed by atoms with E-state index in [1.165, 1.54) is 0 Å². The fourth-order valence-electron chi connectivity index (χ4n) is 3.86. The molecule has 4 atom stereocenters. The van der Waals surface area contributed by atoms with Gasteiger partial charge in [-0.25, -0.2) is 4.79 Å². The van der Waals surface area contributed by atoms with E-state index in [4.69, 9.17) is 4.74 Å².